The molecular formula is C13H25N3S. The molecule has 3 nitrogen and oxygen atoms in total. The fraction of sp³-hybridized carbons (Fsp3) is 0.769. The van der Waals surface area contributed by atoms with Gasteiger partial charge < -0.3 is 9.88 Å². The molecule has 1 aromatic heterocycles. The van der Waals surface area contributed by atoms with Crippen molar-refractivity contribution in [1.29, 1.82) is 0 Å². The molecule has 98 valence electrons. The van der Waals surface area contributed by atoms with Crippen molar-refractivity contribution < 1.29 is 0 Å². The van der Waals surface area contributed by atoms with Crippen LogP contribution >= 0.6 is 11.8 Å². The standard InChI is InChI=1S/C13H25N3S/c1-6-12(9-17-5)16-8-11(4)15-13(16)14-7-10(2)3/h8,10,12H,6-7,9H2,1-5H3,(H,14,15). The second-order valence-electron chi connectivity index (χ2n) is 4.91. The van der Waals surface area contributed by atoms with Crippen molar-refractivity contribution in [2.45, 2.75) is 40.2 Å². The average Bonchev–Trinajstić information content (AvgIpc) is 2.64. The summed E-state index contributed by atoms with van der Waals surface area (Å²) in [6.07, 6.45) is 5.47. The zero-order valence-electron chi connectivity index (χ0n) is 11.7. The first-order valence-electron chi connectivity index (χ1n) is 6.36. The van der Waals surface area contributed by atoms with Crippen LogP contribution < -0.4 is 5.32 Å². The summed E-state index contributed by atoms with van der Waals surface area (Å²) in [7, 11) is 0. The third kappa shape index (κ3) is 4.26. The monoisotopic (exact) mass is 255 g/mol. The van der Waals surface area contributed by atoms with Gasteiger partial charge in [-0.15, -0.1) is 0 Å². The van der Waals surface area contributed by atoms with Crippen molar-refractivity contribution in [2.75, 3.05) is 23.9 Å². The topological polar surface area (TPSA) is 29.9 Å². The molecule has 0 spiro atoms. The fourth-order valence-electron chi connectivity index (χ4n) is 1.81. The van der Waals surface area contributed by atoms with E-state index in [1.807, 2.05) is 11.8 Å². The molecule has 0 aromatic carbocycles. The van der Waals surface area contributed by atoms with Crippen LogP contribution in [0.3, 0.4) is 0 Å². The Balaban J connectivity index is 2.81. The van der Waals surface area contributed by atoms with Crippen molar-refractivity contribution in [1.82, 2.24) is 9.55 Å². The molecule has 1 heterocycles. The van der Waals surface area contributed by atoms with Gasteiger partial charge in [0.15, 0.2) is 0 Å². The molecule has 0 fully saturated rings. The van der Waals surface area contributed by atoms with Crippen molar-refractivity contribution in [2.24, 2.45) is 5.92 Å². The molecule has 0 bridgehead atoms. The lowest BCUT2D eigenvalue weighted by Gasteiger charge is -2.19. The van der Waals surface area contributed by atoms with Gasteiger partial charge in [-0.1, -0.05) is 20.8 Å². The maximum Gasteiger partial charge on any atom is 0.203 e. The maximum absolute atomic E-state index is 4.58. The third-order valence-electron chi connectivity index (χ3n) is 2.74. The summed E-state index contributed by atoms with van der Waals surface area (Å²) in [5.41, 5.74) is 1.09. The van der Waals surface area contributed by atoms with Crippen LogP contribution in [-0.4, -0.2) is 28.1 Å². The van der Waals surface area contributed by atoms with Crippen LogP contribution in [0.25, 0.3) is 0 Å². The van der Waals surface area contributed by atoms with Gasteiger partial charge in [0.1, 0.15) is 0 Å². The SMILES string of the molecule is CCC(CSC)n1cc(C)nc1NCC(C)C. The van der Waals surface area contributed by atoms with E-state index in [-0.39, 0.29) is 0 Å². The van der Waals surface area contributed by atoms with E-state index in [0.29, 0.717) is 12.0 Å². The first-order chi connectivity index (χ1) is 8.08. The van der Waals surface area contributed by atoms with Gasteiger partial charge in [-0.3, -0.25) is 0 Å². The highest BCUT2D eigenvalue weighted by Crippen LogP contribution is 2.22. The van der Waals surface area contributed by atoms with Gasteiger partial charge in [-0.25, -0.2) is 4.98 Å². The predicted molar refractivity (Wildman–Crippen MR) is 78.0 cm³/mol. The molecular weight excluding hydrogens is 230 g/mol. The maximum atomic E-state index is 4.58. The highest BCUT2D eigenvalue weighted by Gasteiger charge is 2.13. The second kappa shape index (κ2) is 6.94. The van der Waals surface area contributed by atoms with Gasteiger partial charge in [0.2, 0.25) is 5.95 Å². The molecule has 1 unspecified atom stereocenters. The van der Waals surface area contributed by atoms with Crippen LogP contribution in [0, 0.1) is 12.8 Å². The van der Waals surface area contributed by atoms with Crippen LogP contribution in [-0.2, 0) is 0 Å². The zero-order valence-corrected chi connectivity index (χ0v) is 12.5. The second-order valence-corrected chi connectivity index (χ2v) is 5.82. The lowest BCUT2D eigenvalue weighted by molar-refractivity contribution is 0.541. The van der Waals surface area contributed by atoms with Gasteiger partial charge >= 0.3 is 0 Å². The molecule has 0 amide bonds. The van der Waals surface area contributed by atoms with E-state index >= 15 is 0 Å². The molecule has 17 heavy (non-hydrogen) atoms. The number of rotatable bonds is 7. The minimum Gasteiger partial charge on any atom is -0.355 e. The fourth-order valence-corrected chi connectivity index (χ4v) is 2.59. The van der Waals surface area contributed by atoms with Crippen molar-refractivity contribution in [3.63, 3.8) is 0 Å². The molecule has 0 aliphatic carbocycles. The summed E-state index contributed by atoms with van der Waals surface area (Å²) >= 11 is 1.90. The number of nitrogens with zero attached hydrogens (tertiary/aromatic N) is 2. The zero-order chi connectivity index (χ0) is 12.8. The Morgan fingerprint density at radius 3 is 2.71 bits per heavy atom. The molecule has 0 aliphatic heterocycles. The van der Waals surface area contributed by atoms with Crippen molar-refractivity contribution in [3.05, 3.63) is 11.9 Å². The minimum atomic E-state index is 0.542. The Labute approximate surface area is 109 Å². The van der Waals surface area contributed by atoms with E-state index < -0.39 is 0 Å². The van der Waals surface area contributed by atoms with Crippen LogP contribution in [0.5, 0.6) is 0 Å². The Hall–Kier alpha value is -0.640. The number of nitrogens with one attached hydrogen (secondary N) is 1. The first-order valence-corrected chi connectivity index (χ1v) is 7.76. The van der Waals surface area contributed by atoms with Gasteiger partial charge in [0.25, 0.3) is 0 Å². The van der Waals surface area contributed by atoms with Crippen LogP contribution in [0.4, 0.5) is 5.95 Å². The van der Waals surface area contributed by atoms with Gasteiger partial charge in [0.05, 0.1) is 5.69 Å². The van der Waals surface area contributed by atoms with Crippen LogP contribution in [0.2, 0.25) is 0 Å². The Morgan fingerprint density at radius 2 is 2.18 bits per heavy atom. The Kier molecular flexibility index (Phi) is 5.89. The van der Waals surface area contributed by atoms with Crippen LogP contribution in [0.1, 0.15) is 38.9 Å². The highest BCUT2D eigenvalue weighted by molar-refractivity contribution is 7.98. The van der Waals surface area contributed by atoms with E-state index in [1.54, 1.807) is 0 Å². The van der Waals surface area contributed by atoms with Gasteiger partial charge in [-0.2, -0.15) is 11.8 Å². The summed E-state index contributed by atoms with van der Waals surface area (Å²) in [5.74, 6) is 2.81. The molecule has 0 aliphatic rings. The molecule has 1 atom stereocenters. The van der Waals surface area contributed by atoms with Gasteiger partial charge in [0, 0.05) is 24.5 Å². The summed E-state index contributed by atoms with van der Waals surface area (Å²) < 4.78 is 2.30. The summed E-state index contributed by atoms with van der Waals surface area (Å²) in [5, 5.41) is 3.45. The van der Waals surface area contributed by atoms with E-state index in [1.165, 1.54) is 0 Å². The molecule has 0 radical (unpaired) electrons. The molecule has 0 saturated carbocycles. The molecule has 1 rings (SSSR count). The lowest BCUT2D eigenvalue weighted by Crippen LogP contribution is -2.17. The average molecular weight is 255 g/mol. The Morgan fingerprint density at radius 1 is 1.47 bits per heavy atom. The number of thioether (sulfide) groups is 1. The number of aryl methyl sites for hydroxylation is 1. The number of hydrogen-bond donors (Lipinski definition) is 1. The van der Waals surface area contributed by atoms with Crippen LogP contribution in [0.15, 0.2) is 6.20 Å². The lowest BCUT2D eigenvalue weighted by atomic mass is 10.2. The quantitative estimate of drug-likeness (QED) is 0.807. The minimum absolute atomic E-state index is 0.542. The number of anilines is 1. The summed E-state index contributed by atoms with van der Waals surface area (Å²) in [6.45, 7) is 9.70. The number of aromatic nitrogens is 2. The summed E-state index contributed by atoms with van der Waals surface area (Å²) in [6, 6.07) is 0.542. The van der Waals surface area contributed by atoms with Gasteiger partial charge in [-0.05, 0) is 25.5 Å². The largest absolute Gasteiger partial charge is 0.355 e. The number of hydrogen-bond acceptors (Lipinski definition) is 3. The highest BCUT2D eigenvalue weighted by atomic mass is 32.2. The summed E-state index contributed by atoms with van der Waals surface area (Å²) in [4.78, 5) is 4.58. The normalized spacial score (nSPS) is 13.1. The smallest absolute Gasteiger partial charge is 0.203 e. The van der Waals surface area contributed by atoms with Crippen molar-refractivity contribution in [3.8, 4) is 0 Å². The Bertz CT molecular complexity index is 333. The predicted octanol–water partition coefficient (Wildman–Crippen LogP) is 3.57. The molecule has 1 N–H and O–H groups in total. The first kappa shape index (κ1) is 14.4. The molecule has 4 heteroatoms. The third-order valence-corrected chi connectivity index (χ3v) is 3.46. The number of imidazole rings is 1. The van der Waals surface area contributed by atoms with Crippen molar-refractivity contribution >= 4 is 17.7 Å². The van der Waals surface area contributed by atoms with E-state index in [9.17, 15) is 0 Å². The van der Waals surface area contributed by atoms with E-state index in [2.05, 4.69) is 55.0 Å². The van der Waals surface area contributed by atoms with E-state index in [0.717, 1.165) is 30.4 Å². The molecule has 0 saturated heterocycles. The van der Waals surface area contributed by atoms with E-state index in [4.69, 9.17) is 0 Å². The molecule has 1 aromatic rings.